The maximum atomic E-state index is 13.2. The molecular formula is C18H28N6O6. The van der Waals surface area contributed by atoms with Crippen molar-refractivity contribution in [3.8, 4) is 0 Å². The summed E-state index contributed by atoms with van der Waals surface area (Å²) in [5, 5.41) is 23.6. The number of carbonyl (C=O) groups excluding carboxylic acids is 3. The largest absolute Gasteiger partial charge is 0.480 e. The molecule has 1 aliphatic heterocycles. The van der Waals surface area contributed by atoms with Gasteiger partial charge in [0.15, 0.2) is 6.04 Å². The molecule has 3 amide bonds. The number of H-pyrrole nitrogens is 1. The number of aliphatic hydroxyl groups excluding tert-OH is 1. The predicted molar refractivity (Wildman–Crippen MR) is 104 cm³/mol. The number of aliphatic carboxylic acids is 1. The summed E-state index contributed by atoms with van der Waals surface area (Å²) in [6.07, 6.45) is 2.64. The van der Waals surface area contributed by atoms with E-state index >= 15 is 0 Å². The number of aromatic amines is 1. The van der Waals surface area contributed by atoms with Gasteiger partial charge in [-0.3, -0.25) is 14.4 Å². The summed E-state index contributed by atoms with van der Waals surface area (Å²) < 4.78 is 0. The van der Waals surface area contributed by atoms with Gasteiger partial charge >= 0.3 is 5.97 Å². The number of carboxylic acids is 1. The summed E-state index contributed by atoms with van der Waals surface area (Å²) in [5.74, 6) is -3.06. The average Bonchev–Trinajstić information content (AvgIpc) is 3.35. The van der Waals surface area contributed by atoms with E-state index < -0.39 is 54.0 Å². The van der Waals surface area contributed by atoms with E-state index in [0.717, 1.165) is 0 Å². The molecule has 0 aliphatic carbocycles. The smallest absolute Gasteiger partial charge is 0.328 e. The Balaban J connectivity index is 2.17. The fourth-order valence-electron chi connectivity index (χ4n) is 3.26. The van der Waals surface area contributed by atoms with E-state index in [1.807, 2.05) is 0 Å². The quantitative estimate of drug-likeness (QED) is 0.255. The molecule has 5 unspecified atom stereocenters. The fourth-order valence-corrected chi connectivity index (χ4v) is 3.26. The van der Waals surface area contributed by atoms with Crippen LogP contribution in [0.1, 0.15) is 32.4 Å². The molecule has 2 heterocycles. The van der Waals surface area contributed by atoms with Crippen LogP contribution in [0.3, 0.4) is 0 Å². The van der Waals surface area contributed by atoms with Crippen LogP contribution in [0.25, 0.3) is 0 Å². The average molecular weight is 424 g/mol. The summed E-state index contributed by atoms with van der Waals surface area (Å²) in [6, 6.07) is -4.21. The number of nitrogens with zero attached hydrogens (tertiary/aromatic N) is 2. The van der Waals surface area contributed by atoms with Gasteiger partial charge in [-0.05, 0) is 26.7 Å². The van der Waals surface area contributed by atoms with E-state index in [1.54, 1.807) is 0 Å². The van der Waals surface area contributed by atoms with Crippen molar-refractivity contribution in [2.45, 2.75) is 63.4 Å². The summed E-state index contributed by atoms with van der Waals surface area (Å²) in [6.45, 7) is 3.01. The Morgan fingerprint density at radius 2 is 2.03 bits per heavy atom. The zero-order chi connectivity index (χ0) is 22.4. The van der Waals surface area contributed by atoms with Gasteiger partial charge in [0.1, 0.15) is 12.1 Å². The standard InChI is InChI=1S/C18H28N6O6/c1-9(19)15(26)22-12(6-11-7-20-8-21-11)17(28)24-5-3-4-13(24)16(27)23-14(10(2)25)18(29)30/h7-10,12-14,25H,3-6,19H2,1-2H3,(H,20,21)(H,22,26)(H,23,27)(H,29,30). The molecule has 1 aliphatic rings. The minimum atomic E-state index is -1.49. The van der Waals surface area contributed by atoms with Gasteiger partial charge in [-0.1, -0.05) is 0 Å². The van der Waals surface area contributed by atoms with E-state index in [0.29, 0.717) is 18.5 Å². The van der Waals surface area contributed by atoms with Gasteiger partial charge in [0.25, 0.3) is 0 Å². The molecule has 7 N–H and O–H groups in total. The van der Waals surface area contributed by atoms with Crippen LogP contribution >= 0.6 is 0 Å². The molecule has 0 spiro atoms. The maximum Gasteiger partial charge on any atom is 0.328 e. The molecule has 1 aromatic rings. The number of rotatable bonds is 9. The van der Waals surface area contributed by atoms with Crippen LogP contribution in [0, 0.1) is 0 Å². The normalized spacial score (nSPS) is 20.1. The molecule has 30 heavy (non-hydrogen) atoms. The summed E-state index contributed by atoms with van der Waals surface area (Å²) in [4.78, 5) is 57.3. The molecule has 0 saturated carbocycles. The van der Waals surface area contributed by atoms with E-state index in [9.17, 15) is 24.3 Å². The monoisotopic (exact) mass is 424 g/mol. The molecule has 0 bridgehead atoms. The fraction of sp³-hybridized carbons (Fsp3) is 0.611. The molecule has 5 atom stereocenters. The van der Waals surface area contributed by atoms with Crippen LogP contribution in [0.2, 0.25) is 0 Å². The summed E-state index contributed by atoms with van der Waals surface area (Å²) in [5.41, 5.74) is 6.21. The van der Waals surface area contributed by atoms with E-state index in [1.165, 1.54) is 31.3 Å². The van der Waals surface area contributed by atoms with Crippen molar-refractivity contribution in [2.24, 2.45) is 5.73 Å². The Morgan fingerprint density at radius 1 is 1.33 bits per heavy atom. The van der Waals surface area contributed by atoms with Crippen LogP contribution in [0.15, 0.2) is 12.5 Å². The van der Waals surface area contributed by atoms with Gasteiger partial charge in [-0.2, -0.15) is 0 Å². The molecule has 1 fully saturated rings. The summed E-state index contributed by atoms with van der Waals surface area (Å²) >= 11 is 0. The van der Waals surface area contributed by atoms with Crippen LogP contribution < -0.4 is 16.4 Å². The van der Waals surface area contributed by atoms with Crippen molar-refractivity contribution >= 4 is 23.7 Å². The number of aliphatic hydroxyl groups is 1. The van der Waals surface area contributed by atoms with Crippen molar-refractivity contribution in [2.75, 3.05) is 6.54 Å². The van der Waals surface area contributed by atoms with Gasteiger partial charge in [0.05, 0.1) is 18.5 Å². The van der Waals surface area contributed by atoms with Gasteiger partial charge in [-0.15, -0.1) is 0 Å². The van der Waals surface area contributed by atoms with E-state index in [-0.39, 0.29) is 13.0 Å². The van der Waals surface area contributed by atoms with E-state index in [2.05, 4.69) is 20.6 Å². The lowest BCUT2D eigenvalue weighted by molar-refractivity contribution is -0.147. The van der Waals surface area contributed by atoms with Gasteiger partial charge < -0.3 is 36.5 Å². The number of carbonyl (C=O) groups is 4. The third-order valence-electron chi connectivity index (χ3n) is 4.89. The second-order valence-electron chi connectivity index (χ2n) is 7.39. The number of hydrogen-bond acceptors (Lipinski definition) is 7. The lowest BCUT2D eigenvalue weighted by Crippen LogP contribution is -2.58. The number of aromatic nitrogens is 2. The van der Waals surface area contributed by atoms with Gasteiger partial charge in [0.2, 0.25) is 17.7 Å². The molecule has 12 nitrogen and oxygen atoms in total. The molecule has 0 radical (unpaired) electrons. The van der Waals surface area contributed by atoms with E-state index in [4.69, 9.17) is 10.8 Å². The number of hydrogen-bond donors (Lipinski definition) is 6. The molecule has 1 aromatic heterocycles. The van der Waals surface area contributed by atoms with Crippen LogP contribution in [-0.2, 0) is 25.6 Å². The second-order valence-corrected chi connectivity index (χ2v) is 7.39. The lowest BCUT2D eigenvalue weighted by Gasteiger charge is -2.30. The first-order chi connectivity index (χ1) is 14.1. The number of amides is 3. The maximum absolute atomic E-state index is 13.2. The highest BCUT2D eigenvalue weighted by Gasteiger charge is 2.39. The first kappa shape index (κ1) is 23.3. The van der Waals surface area contributed by atoms with Crippen molar-refractivity contribution in [1.82, 2.24) is 25.5 Å². The van der Waals surface area contributed by atoms with Crippen molar-refractivity contribution in [1.29, 1.82) is 0 Å². The van der Waals surface area contributed by atoms with Crippen LogP contribution in [0.5, 0.6) is 0 Å². The SMILES string of the molecule is CC(N)C(=O)NC(Cc1cnc[nH]1)C(=O)N1CCCC1C(=O)NC(C(=O)O)C(C)O. The zero-order valence-electron chi connectivity index (χ0n) is 16.9. The first-order valence-electron chi connectivity index (χ1n) is 9.66. The number of likely N-dealkylation sites (tertiary alicyclic amines) is 1. The molecule has 2 rings (SSSR count). The lowest BCUT2D eigenvalue weighted by atomic mass is 10.1. The minimum absolute atomic E-state index is 0.119. The molecule has 1 saturated heterocycles. The number of imidazole rings is 1. The number of carboxylic acid groups (broad SMARTS) is 1. The Morgan fingerprint density at radius 3 is 2.57 bits per heavy atom. The van der Waals surface area contributed by atoms with Crippen LogP contribution in [0.4, 0.5) is 0 Å². The second kappa shape index (κ2) is 10.2. The molecule has 12 heteroatoms. The molecule has 0 aromatic carbocycles. The Hall–Kier alpha value is -2.99. The van der Waals surface area contributed by atoms with Gasteiger partial charge in [-0.25, -0.2) is 9.78 Å². The highest BCUT2D eigenvalue weighted by atomic mass is 16.4. The topological polar surface area (TPSA) is 191 Å². The first-order valence-corrected chi connectivity index (χ1v) is 9.66. The third-order valence-corrected chi connectivity index (χ3v) is 4.89. The predicted octanol–water partition coefficient (Wildman–Crippen LogP) is -2.27. The Labute approximate surface area is 173 Å². The van der Waals surface area contributed by atoms with Crippen LogP contribution in [-0.4, -0.2) is 85.6 Å². The van der Waals surface area contributed by atoms with Crippen molar-refractivity contribution < 1.29 is 29.4 Å². The third kappa shape index (κ3) is 5.76. The zero-order valence-corrected chi connectivity index (χ0v) is 16.9. The minimum Gasteiger partial charge on any atom is -0.480 e. The van der Waals surface area contributed by atoms with Crippen molar-refractivity contribution in [3.63, 3.8) is 0 Å². The highest BCUT2D eigenvalue weighted by Crippen LogP contribution is 2.20. The molecular weight excluding hydrogens is 396 g/mol. The van der Waals surface area contributed by atoms with Gasteiger partial charge in [0, 0.05) is 24.9 Å². The Bertz CT molecular complexity index is 765. The number of nitrogens with one attached hydrogen (secondary N) is 3. The Kier molecular flexibility index (Phi) is 7.89. The summed E-state index contributed by atoms with van der Waals surface area (Å²) in [7, 11) is 0. The number of nitrogens with two attached hydrogens (primary N) is 1. The molecule has 166 valence electrons. The highest BCUT2D eigenvalue weighted by molar-refractivity contribution is 5.94. The van der Waals surface area contributed by atoms with Crippen molar-refractivity contribution in [3.05, 3.63) is 18.2 Å².